The van der Waals surface area contributed by atoms with Crippen LogP contribution in [0.1, 0.15) is 25.8 Å². The van der Waals surface area contributed by atoms with Gasteiger partial charge >= 0.3 is 0 Å². The normalized spacial score (nSPS) is 20.8. The number of benzene rings is 1. The van der Waals surface area contributed by atoms with Gasteiger partial charge in [0.1, 0.15) is 5.75 Å². The maximum atomic E-state index is 12.6. The molecule has 7 heteroatoms. The van der Waals surface area contributed by atoms with Crippen LogP contribution in [0.2, 0.25) is 0 Å². The molecule has 3 rings (SSSR count). The summed E-state index contributed by atoms with van der Waals surface area (Å²) in [6, 6.07) is 5.81. The van der Waals surface area contributed by atoms with Crippen LogP contribution >= 0.6 is 11.8 Å². The molecule has 2 amide bonds. The van der Waals surface area contributed by atoms with Gasteiger partial charge < -0.3 is 14.4 Å². The molecule has 0 unspecified atom stereocenters. The molecule has 0 radical (unpaired) electrons. The number of thioether (sulfide) groups is 1. The van der Waals surface area contributed by atoms with Gasteiger partial charge in [0.05, 0.1) is 25.2 Å². The molecule has 2 aliphatic heterocycles. The Morgan fingerprint density at radius 3 is 2.69 bits per heavy atom. The van der Waals surface area contributed by atoms with E-state index in [9.17, 15) is 9.59 Å². The van der Waals surface area contributed by atoms with Gasteiger partial charge in [0, 0.05) is 36.4 Å². The number of hydrogen-bond donors (Lipinski definition) is 0. The lowest BCUT2D eigenvalue weighted by atomic mass is 10.1. The van der Waals surface area contributed by atoms with Gasteiger partial charge in [-0.15, -0.1) is 0 Å². The second-order valence-electron chi connectivity index (χ2n) is 6.33. The van der Waals surface area contributed by atoms with E-state index in [1.165, 1.54) is 4.90 Å². The van der Waals surface area contributed by atoms with Gasteiger partial charge in [-0.1, -0.05) is 6.92 Å². The van der Waals surface area contributed by atoms with Crippen LogP contribution in [0.15, 0.2) is 23.1 Å². The molecule has 1 aromatic carbocycles. The summed E-state index contributed by atoms with van der Waals surface area (Å²) in [5.41, 5.74) is 1.86. The molecule has 140 valence electrons. The van der Waals surface area contributed by atoms with Crippen LogP contribution in [0.3, 0.4) is 0 Å². The van der Waals surface area contributed by atoms with E-state index in [-0.39, 0.29) is 17.2 Å². The summed E-state index contributed by atoms with van der Waals surface area (Å²) in [5.74, 6) is 0.456. The zero-order valence-electron chi connectivity index (χ0n) is 15.4. The number of ether oxygens (including phenoxy) is 2. The Bertz CT molecular complexity index is 728. The molecule has 0 aliphatic carbocycles. The molecule has 26 heavy (non-hydrogen) atoms. The van der Waals surface area contributed by atoms with Crippen LogP contribution < -0.4 is 9.64 Å². The van der Waals surface area contributed by atoms with E-state index < -0.39 is 0 Å². The van der Waals surface area contributed by atoms with E-state index in [0.29, 0.717) is 23.9 Å². The van der Waals surface area contributed by atoms with Crippen LogP contribution in [0.25, 0.3) is 6.08 Å². The van der Waals surface area contributed by atoms with Gasteiger partial charge in [-0.05, 0) is 43.3 Å². The Hall–Kier alpha value is -1.99. The highest BCUT2D eigenvalue weighted by molar-refractivity contribution is 8.18. The van der Waals surface area contributed by atoms with Crippen LogP contribution in [0.4, 0.5) is 10.5 Å². The highest BCUT2D eigenvalue weighted by Crippen LogP contribution is 2.36. The van der Waals surface area contributed by atoms with Crippen molar-refractivity contribution >= 4 is 34.7 Å². The fraction of sp³-hybridized carbons (Fsp3) is 0.474. The molecule has 0 bridgehead atoms. The molecule has 6 nitrogen and oxygen atoms in total. The second-order valence-corrected chi connectivity index (χ2v) is 7.33. The number of morpholine rings is 1. The molecule has 0 aromatic heterocycles. The number of methoxy groups -OCH3 is 1. The highest BCUT2D eigenvalue weighted by Gasteiger charge is 2.37. The first-order valence-electron chi connectivity index (χ1n) is 8.83. The van der Waals surface area contributed by atoms with Crippen molar-refractivity contribution in [1.29, 1.82) is 0 Å². The maximum absolute atomic E-state index is 12.6. The molecule has 2 aliphatic rings. The van der Waals surface area contributed by atoms with Crippen molar-refractivity contribution in [3.05, 3.63) is 28.7 Å². The van der Waals surface area contributed by atoms with Gasteiger partial charge in [0.15, 0.2) is 0 Å². The fourth-order valence-electron chi connectivity index (χ4n) is 3.02. The zero-order chi connectivity index (χ0) is 18.7. The van der Waals surface area contributed by atoms with E-state index in [1.807, 2.05) is 32.0 Å². The fourth-order valence-corrected chi connectivity index (χ4v) is 3.94. The zero-order valence-corrected chi connectivity index (χ0v) is 16.2. The van der Waals surface area contributed by atoms with Crippen LogP contribution in [0, 0.1) is 0 Å². The molecule has 2 heterocycles. The number of hydrogen-bond acceptors (Lipinski definition) is 6. The SMILES string of the molecule is CC[C@@H](C)N1C(=O)S/C(=C/c2ccc(N3CCOCC3)cc2OC)C1=O. The minimum Gasteiger partial charge on any atom is -0.496 e. The van der Waals surface area contributed by atoms with E-state index in [0.717, 1.165) is 42.5 Å². The summed E-state index contributed by atoms with van der Waals surface area (Å²) in [6.45, 7) is 6.97. The molecule has 1 aromatic rings. The van der Waals surface area contributed by atoms with E-state index in [4.69, 9.17) is 9.47 Å². The lowest BCUT2D eigenvalue weighted by Gasteiger charge is -2.29. The standard InChI is InChI=1S/C19H24N2O4S/c1-4-13(2)21-18(22)17(26-19(21)23)11-14-5-6-15(12-16(14)24-3)20-7-9-25-10-8-20/h5-6,11-13H,4,7-10H2,1-3H3/b17-11+/t13-/m1/s1. The number of carbonyl (C=O) groups is 2. The van der Waals surface area contributed by atoms with Gasteiger partial charge in [-0.3, -0.25) is 14.5 Å². The first kappa shape index (κ1) is 18.8. The molecule has 0 saturated carbocycles. The van der Waals surface area contributed by atoms with Gasteiger partial charge in [-0.25, -0.2) is 0 Å². The summed E-state index contributed by atoms with van der Waals surface area (Å²) >= 11 is 0.988. The molecule has 2 saturated heterocycles. The van der Waals surface area contributed by atoms with Crippen molar-refractivity contribution in [2.75, 3.05) is 38.3 Å². The van der Waals surface area contributed by atoms with Crippen LogP contribution in [-0.2, 0) is 9.53 Å². The van der Waals surface area contributed by atoms with E-state index in [2.05, 4.69) is 4.90 Å². The van der Waals surface area contributed by atoms with Gasteiger partial charge in [-0.2, -0.15) is 0 Å². The number of carbonyl (C=O) groups excluding carboxylic acids is 2. The number of nitrogens with zero attached hydrogens (tertiary/aromatic N) is 2. The third-order valence-electron chi connectivity index (χ3n) is 4.74. The third kappa shape index (κ3) is 3.73. The smallest absolute Gasteiger partial charge is 0.293 e. The lowest BCUT2D eigenvalue weighted by Crippen LogP contribution is -2.36. The molecule has 1 atom stereocenters. The Kier molecular flexibility index (Phi) is 5.88. The molecular weight excluding hydrogens is 352 g/mol. The minimum absolute atomic E-state index is 0.0982. The first-order chi connectivity index (χ1) is 12.5. The average Bonchev–Trinajstić information content (AvgIpc) is 2.95. The van der Waals surface area contributed by atoms with Gasteiger partial charge in [0.2, 0.25) is 0 Å². The largest absolute Gasteiger partial charge is 0.496 e. The van der Waals surface area contributed by atoms with E-state index >= 15 is 0 Å². The van der Waals surface area contributed by atoms with Crippen molar-refractivity contribution in [1.82, 2.24) is 4.90 Å². The predicted octanol–water partition coefficient (Wildman–Crippen LogP) is 3.37. The van der Waals surface area contributed by atoms with Crippen molar-refractivity contribution in [3.63, 3.8) is 0 Å². The molecule has 0 spiro atoms. The number of imide groups is 1. The monoisotopic (exact) mass is 376 g/mol. The van der Waals surface area contributed by atoms with Crippen LogP contribution in [0.5, 0.6) is 5.75 Å². The number of anilines is 1. The summed E-state index contributed by atoms with van der Waals surface area (Å²) in [6.07, 6.45) is 2.48. The van der Waals surface area contributed by atoms with Crippen LogP contribution in [-0.4, -0.2) is 55.5 Å². The maximum Gasteiger partial charge on any atom is 0.293 e. The third-order valence-corrected chi connectivity index (χ3v) is 5.62. The summed E-state index contributed by atoms with van der Waals surface area (Å²) in [4.78, 5) is 28.8. The Labute approximate surface area is 158 Å². The summed E-state index contributed by atoms with van der Waals surface area (Å²) in [7, 11) is 1.61. The Morgan fingerprint density at radius 1 is 1.31 bits per heavy atom. The first-order valence-corrected chi connectivity index (χ1v) is 9.64. The lowest BCUT2D eigenvalue weighted by molar-refractivity contribution is -0.124. The highest BCUT2D eigenvalue weighted by atomic mass is 32.2. The minimum atomic E-state index is -0.228. The Morgan fingerprint density at radius 2 is 2.04 bits per heavy atom. The molecule has 0 N–H and O–H groups in total. The molecular formula is C19H24N2O4S. The number of rotatable bonds is 5. The second kappa shape index (κ2) is 8.14. The van der Waals surface area contributed by atoms with Crippen molar-refractivity contribution in [2.24, 2.45) is 0 Å². The predicted molar refractivity (Wildman–Crippen MR) is 104 cm³/mol. The topological polar surface area (TPSA) is 59.1 Å². The summed E-state index contributed by atoms with van der Waals surface area (Å²) in [5, 5.41) is -0.209. The van der Waals surface area contributed by atoms with E-state index in [1.54, 1.807) is 13.2 Å². The molecule has 2 fully saturated rings. The summed E-state index contributed by atoms with van der Waals surface area (Å²) < 4.78 is 10.9. The van der Waals surface area contributed by atoms with Crippen molar-refractivity contribution in [3.8, 4) is 5.75 Å². The Balaban J connectivity index is 1.86. The van der Waals surface area contributed by atoms with Gasteiger partial charge in [0.25, 0.3) is 11.1 Å². The quantitative estimate of drug-likeness (QED) is 0.735. The van der Waals surface area contributed by atoms with Crippen molar-refractivity contribution < 1.29 is 19.1 Å². The average molecular weight is 376 g/mol. The number of amides is 2. The van der Waals surface area contributed by atoms with Crippen molar-refractivity contribution in [2.45, 2.75) is 26.3 Å².